The van der Waals surface area contributed by atoms with Gasteiger partial charge in [-0.05, 0) is 6.92 Å². The first-order chi connectivity index (χ1) is 10.2. The SMILES string of the molecule is COCC1O[C@@H](n2cc(C)c(=O)nc2N)C[C@H]1OP(=O)(O)O. The molecule has 0 radical (unpaired) electrons. The molecule has 0 bridgehead atoms. The Kier molecular flexibility index (Phi) is 5.00. The molecule has 1 aromatic rings. The lowest BCUT2D eigenvalue weighted by Gasteiger charge is -2.18. The van der Waals surface area contributed by atoms with Gasteiger partial charge in [0.2, 0.25) is 5.95 Å². The van der Waals surface area contributed by atoms with Crippen molar-refractivity contribution < 1.29 is 28.3 Å². The molecule has 3 atom stereocenters. The van der Waals surface area contributed by atoms with Gasteiger partial charge in [-0.2, -0.15) is 4.98 Å². The number of nitrogens with two attached hydrogens (primary N) is 1. The third kappa shape index (κ3) is 3.92. The van der Waals surface area contributed by atoms with Gasteiger partial charge in [0.15, 0.2) is 0 Å². The monoisotopic (exact) mass is 335 g/mol. The van der Waals surface area contributed by atoms with Crippen LogP contribution < -0.4 is 11.3 Å². The molecule has 1 aliphatic heterocycles. The van der Waals surface area contributed by atoms with Crippen molar-refractivity contribution in [1.82, 2.24) is 9.55 Å². The maximum atomic E-state index is 11.4. The second kappa shape index (κ2) is 6.45. The lowest BCUT2D eigenvalue weighted by Crippen LogP contribution is -2.28. The van der Waals surface area contributed by atoms with Crippen LogP contribution in [0.1, 0.15) is 18.2 Å². The Bertz CT molecular complexity index is 643. The third-order valence-electron chi connectivity index (χ3n) is 3.25. The van der Waals surface area contributed by atoms with Crippen LogP contribution in [0.4, 0.5) is 5.95 Å². The van der Waals surface area contributed by atoms with E-state index >= 15 is 0 Å². The Balaban J connectivity index is 2.25. The van der Waals surface area contributed by atoms with E-state index in [1.807, 2.05) is 0 Å². The van der Waals surface area contributed by atoms with Crippen molar-refractivity contribution in [1.29, 1.82) is 0 Å². The van der Waals surface area contributed by atoms with Gasteiger partial charge in [-0.15, -0.1) is 0 Å². The van der Waals surface area contributed by atoms with E-state index < -0.39 is 31.8 Å². The first-order valence-electron chi connectivity index (χ1n) is 6.45. The van der Waals surface area contributed by atoms with Crippen LogP contribution in [0.25, 0.3) is 0 Å². The number of methoxy groups -OCH3 is 1. The zero-order chi connectivity index (χ0) is 16.5. The Labute approximate surface area is 126 Å². The predicted octanol–water partition coefficient (Wildman–Crippen LogP) is -0.454. The van der Waals surface area contributed by atoms with Crippen molar-refractivity contribution in [3.05, 3.63) is 22.1 Å². The number of rotatable bonds is 5. The summed E-state index contributed by atoms with van der Waals surface area (Å²) >= 11 is 0. The normalized spacial score (nSPS) is 25.5. The summed E-state index contributed by atoms with van der Waals surface area (Å²) in [6.45, 7) is 1.67. The van der Waals surface area contributed by atoms with Gasteiger partial charge in [0.25, 0.3) is 5.56 Å². The molecule has 1 saturated heterocycles. The lowest BCUT2D eigenvalue weighted by molar-refractivity contribution is -0.0523. The number of phosphoric acid groups is 1. The summed E-state index contributed by atoms with van der Waals surface area (Å²) in [6, 6.07) is 0. The molecule has 1 fully saturated rings. The zero-order valence-corrected chi connectivity index (χ0v) is 13.0. The van der Waals surface area contributed by atoms with E-state index in [4.69, 9.17) is 29.5 Å². The van der Waals surface area contributed by atoms with Gasteiger partial charge in [-0.3, -0.25) is 13.9 Å². The number of hydrogen-bond donors (Lipinski definition) is 3. The maximum absolute atomic E-state index is 11.4. The molecule has 2 heterocycles. The molecule has 124 valence electrons. The number of hydrogen-bond acceptors (Lipinski definition) is 7. The highest BCUT2D eigenvalue weighted by Gasteiger charge is 2.41. The van der Waals surface area contributed by atoms with Crippen molar-refractivity contribution >= 4 is 13.8 Å². The molecule has 0 amide bonds. The number of aromatic nitrogens is 2. The summed E-state index contributed by atoms with van der Waals surface area (Å²) in [6.07, 6.45) is -0.595. The second-order valence-corrected chi connectivity index (χ2v) is 6.14. The minimum absolute atomic E-state index is 0.0476. The topological polar surface area (TPSA) is 146 Å². The highest BCUT2D eigenvalue weighted by atomic mass is 31.2. The molecule has 1 aliphatic rings. The van der Waals surface area contributed by atoms with E-state index in [1.54, 1.807) is 6.92 Å². The van der Waals surface area contributed by atoms with Crippen LogP contribution >= 0.6 is 7.82 Å². The predicted molar refractivity (Wildman–Crippen MR) is 75.0 cm³/mol. The minimum Gasteiger partial charge on any atom is -0.382 e. The molecule has 10 nitrogen and oxygen atoms in total. The number of nitrogens with zero attached hydrogens (tertiary/aromatic N) is 2. The number of aryl methyl sites for hydroxylation is 1. The molecule has 0 aliphatic carbocycles. The number of ether oxygens (including phenoxy) is 2. The summed E-state index contributed by atoms with van der Waals surface area (Å²) in [5, 5.41) is 0. The van der Waals surface area contributed by atoms with E-state index in [0.717, 1.165) is 0 Å². The van der Waals surface area contributed by atoms with Gasteiger partial charge in [0, 0.05) is 25.3 Å². The Hall–Kier alpha value is -1.29. The van der Waals surface area contributed by atoms with Gasteiger partial charge in [0.1, 0.15) is 18.4 Å². The summed E-state index contributed by atoms with van der Waals surface area (Å²) < 4.78 is 27.8. The fourth-order valence-electron chi connectivity index (χ4n) is 2.28. The summed E-state index contributed by atoms with van der Waals surface area (Å²) in [7, 11) is -3.23. The summed E-state index contributed by atoms with van der Waals surface area (Å²) in [4.78, 5) is 33.0. The molecule has 1 aromatic heterocycles. The molecule has 2 rings (SSSR count). The Morgan fingerprint density at radius 3 is 2.86 bits per heavy atom. The summed E-state index contributed by atoms with van der Waals surface area (Å²) in [5.74, 6) is -0.0476. The average molecular weight is 335 g/mol. The number of nitrogen functional groups attached to an aromatic ring is 1. The molecule has 0 spiro atoms. The zero-order valence-electron chi connectivity index (χ0n) is 12.1. The quantitative estimate of drug-likeness (QED) is 0.608. The van der Waals surface area contributed by atoms with Crippen molar-refractivity contribution in [2.75, 3.05) is 19.5 Å². The summed E-state index contributed by atoms with van der Waals surface area (Å²) in [5.41, 5.74) is 5.64. The lowest BCUT2D eigenvalue weighted by atomic mass is 10.2. The van der Waals surface area contributed by atoms with E-state index in [0.29, 0.717) is 5.56 Å². The molecular formula is C11H18N3O7P. The maximum Gasteiger partial charge on any atom is 0.469 e. The van der Waals surface area contributed by atoms with Crippen molar-refractivity contribution in [2.45, 2.75) is 31.8 Å². The van der Waals surface area contributed by atoms with Gasteiger partial charge >= 0.3 is 7.82 Å². The molecule has 4 N–H and O–H groups in total. The highest BCUT2D eigenvalue weighted by molar-refractivity contribution is 7.46. The first kappa shape index (κ1) is 17.1. The van der Waals surface area contributed by atoms with Gasteiger partial charge in [-0.25, -0.2) is 4.57 Å². The molecule has 0 saturated carbocycles. The fourth-order valence-corrected chi connectivity index (χ4v) is 2.86. The van der Waals surface area contributed by atoms with Gasteiger partial charge < -0.3 is 25.0 Å². The fraction of sp³-hybridized carbons (Fsp3) is 0.636. The first-order valence-corrected chi connectivity index (χ1v) is 7.98. The average Bonchev–Trinajstić information content (AvgIpc) is 2.75. The molecule has 0 aromatic carbocycles. The number of anilines is 1. The Morgan fingerprint density at radius 2 is 2.27 bits per heavy atom. The van der Waals surface area contributed by atoms with E-state index in [9.17, 15) is 9.36 Å². The molecule has 11 heteroatoms. The number of phosphoric ester groups is 1. The molecule has 22 heavy (non-hydrogen) atoms. The molecule has 1 unspecified atom stereocenters. The van der Waals surface area contributed by atoms with Gasteiger partial charge in [0.05, 0.1) is 6.61 Å². The van der Waals surface area contributed by atoms with E-state index in [1.165, 1.54) is 17.9 Å². The second-order valence-electron chi connectivity index (χ2n) is 4.95. The van der Waals surface area contributed by atoms with E-state index in [-0.39, 0.29) is 19.0 Å². The van der Waals surface area contributed by atoms with Crippen LogP contribution in [0.5, 0.6) is 0 Å². The minimum atomic E-state index is -4.66. The van der Waals surface area contributed by atoms with E-state index in [2.05, 4.69) is 4.98 Å². The van der Waals surface area contributed by atoms with Crippen LogP contribution in [0.2, 0.25) is 0 Å². The highest BCUT2D eigenvalue weighted by Crippen LogP contribution is 2.43. The third-order valence-corrected chi connectivity index (χ3v) is 3.79. The van der Waals surface area contributed by atoms with Crippen molar-refractivity contribution in [2.24, 2.45) is 0 Å². The smallest absolute Gasteiger partial charge is 0.382 e. The van der Waals surface area contributed by atoms with Crippen LogP contribution in [0.15, 0.2) is 11.0 Å². The van der Waals surface area contributed by atoms with Crippen LogP contribution in [-0.2, 0) is 18.6 Å². The van der Waals surface area contributed by atoms with Crippen LogP contribution in [-0.4, -0.2) is 45.3 Å². The van der Waals surface area contributed by atoms with Crippen molar-refractivity contribution in [3.8, 4) is 0 Å². The van der Waals surface area contributed by atoms with Crippen LogP contribution in [0, 0.1) is 6.92 Å². The Morgan fingerprint density at radius 1 is 1.59 bits per heavy atom. The van der Waals surface area contributed by atoms with Crippen LogP contribution in [0.3, 0.4) is 0 Å². The largest absolute Gasteiger partial charge is 0.469 e. The van der Waals surface area contributed by atoms with Crippen molar-refractivity contribution in [3.63, 3.8) is 0 Å². The standard InChI is InChI=1S/C11H18N3O7P/c1-6-4-14(11(12)13-10(6)15)9-3-7(21-22(16,17)18)8(20-9)5-19-2/h4,7-9H,3,5H2,1-2H3,(H2,12,13,15)(H2,16,17,18)/t7-,8?,9-/m1/s1. The molecular weight excluding hydrogens is 317 g/mol. The van der Waals surface area contributed by atoms with Gasteiger partial charge in [-0.1, -0.05) is 0 Å².